The molecule has 0 fully saturated rings. The van der Waals surface area contributed by atoms with Crippen LogP contribution in [0.25, 0.3) is 0 Å². The van der Waals surface area contributed by atoms with E-state index in [0.29, 0.717) is 25.9 Å². The van der Waals surface area contributed by atoms with Crippen molar-refractivity contribution in [2.75, 3.05) is 19.6 Å². The second-order valence-corrected chi connectivity index (χ2v) is 5.11. The maximum Gasteiger partial charge on any atom is 0.239 e. The van der Waals surface area contributed by atoms with Crippen LogP contribution in [0.3, 0.4) is 0 Å². The Balaban J connectivity index is 0.00000441. The highest BCUT2D eigenvalue weighted by molar-refractivity contribution is 5.85. The lowest BCUT2D eigenvalue weighted by Gasteiger charge is -2.07. The highest BCUT2D eigenvalue weighted by Crippen LogP contribution is 2.05. The van der Waals surface area contributed by atoms with Crippen molar-refractivity contribution in [1.29, 1.82) is 0 Å². The van der Waals surface area contributed by atoms with E-state index in [-0.39, 0.29) is 30.8 Å². The molecule has 1 aromatic carbocycles. The Morgan fingerprint density at radius 2 is 1.73 bits per heavy atom. The summed E-state index contributed by atoms with van der Waals surface area (Å²) in [6.45, 7) is 3.30. The molecule has 0 aliphatic carbocycles. The predicted molar refractivity (Wildman–Crippen MR) is 91.1 cm³/mol. The molecule has 1 aromatic rings. The summed E-state index contributed by atoms with van der Waals surface area (Å²) >= 11 is 0. The molecule has 0 spiro atoms. The lowest BCUT2D eigenvalue weighted by molar-refractivity contribution is -0.126. The Kier molecular flexibility index (Phi) is 11.1. The number of unbranched alkanes of at least 4 members (excludes halogenated alkanes) is 1. The molecular weight excluding hydrogens is 302 g/mol. The Hall–Kier alpha value is -1.59. The minimum Gasteiger partial charge on any atom is -0.355 e. The van der Waals surface area contributed by atoms with Crippen LogP contribution in [0.1, 0.15) is 30.4 Å². The van der Waals surface area contributed by atoms with Gasteiger partial charge in [0.05, 0.1) is 6.54 Å². The molecule has 0 aliphatic heterocycles. The monoisotopic (exact) mass is 327 g/mol. The summed E-state index contributed by atoms with van der Waals surface area (Å²) in [6.07, 6.45) is 2.83. The molecule has 0 bridgehead atoms. The van der Waals surface area contributed by atoms with Crippen molar-refractivity contribution in [1.82, 2.24) is 10.6 Å². The van der Waals surface area contributed by atoms with Crippen molar-refractivity contribution in [3.8, 4) is 0 Å². The lowest BCUT2D eigenvalue weighted by Crippen LogP contribution is -2.37. The zero-order chi connectivity index (χ0) is 15.5. The smallest absolute Gasteiger partial charge is 0.239 e. The van der Waals surface area contributed by atoms with Gasteiger partial charge in [0.1, 0.15) is 0 Å². The second-order valence-electron chi connectivity index (χ2n) is 5.11. The van der Waals surface area contributed by atoms with E-state index in [9.17, 15) is 9.59 Å². The van der Waals surface area contributed by atoms with E-state index >= 15 is 0 Å². The van der Waals surface area contributed by atoms with Gasteiger partial charge >= 0.3 is 0 Å². The van der Waals surface area contributed by atoms with Gasteiger partial charge in [-0.25, -0.2) is 0 Å². The first-order valence-electron chi connectivity index (χ1n) is 7.41. The fraction of sp³-hybridized carbons (Fsp3) is 0.500. The van der Waals surface area contributed by atoms with E-state index < -0.39 is 0 Å². The third-order valence-electron chi connectivity index (χ3n) is 3.16. The summed E-state index contributed by atoms with van der Waals surface area (Å²) in [4.78, 5) is 23.1. The van der Waals surface area contributed by atoms with Crippen molar-refractivity contribution in [3.63, 3.8) is 0 Å². The largest absolute Gasteiger partial charge is 0.355 e. The number of nitrogens with one attached hydrogen (secondary N) is 2. The van der Waals surface area contributed by atoms with Crippen LogP contribution in [-0.2, 0) is 16.0 Å². The highest BCUT2D eigenvalue weighted by Gasteiger charge is 2.05. The number of aryl methyl sites for hydroxylation is 2. The fourth-order valence-corrected chi connectivity index (χ4v) is 1.84. The van der Waals surface area contributed by atoms with Gasteiger partial charge in [0.15, 0.2) is 0 Å². The zero-order valence-corrected chi connectivity index (χ0v) is 13.9. The van der Waals surface area contributed by atoms with Crippen LogP contribution in [0.2, 0.25) is 0 Å². The van der Waals surface area contributed by atoms with Gasteiger partial charge in [0.2, 0.25) is 11.8 Å². The summed E-state index contributed by atoms with van der Waals surface area (Å²) in [7, 11) is 0. The van der Waals surface area contributed by atoms with Crippen molar-refractivity contribution >= 4 is 24.2 Å². The van der Waals surface area contributed by atoms with Crippen LogP contribution in [-0.4, -0.2) is 31.4 Å². The van der Waals surface area contributed by atoms with Crippen molar-refractivity contribution in [2.24, 2.45) is 5.73 Å². The predicted octanol–water partition coefficient (Wildman–Crippen LogP) is 1.32. The number of nitrogens with two attached hydrogens (primary N) is 1. The SMILES string of the molecule is Cc1ccc(CCC(=O)NCC(=O)NCCCCN)cc1.Cl. The van der Waals surface area contributed by atoms with Gasteiger partial charge in [-0.1, -0.05) is 29.8 Å². The Morgan fingerprint density at radius 3 is 2.36 bits per heavy atom. The second kappa shape index (κ2) is 12.0. The van der Waals surface area contributed by atoms with Gasteiger partial charge in [0, 0.05) is 13.0 Å². The number of carbonyl (C=O) groups is 2. The summed E-state index contributed by atoms with van der Waals surface area (Å²) in [5.41, 5.74) is 7.69. The molecule has 1 rings (SSSR count). The number of amides is 2. The van der Waals surface area contributed by atoms with E-state index in [2.05, 4.69) is 10.6 Å². The number of hydrogen-bond donors (Lipinski definition) is 3. The summed E-state index contributed by atoms with van der Waals surface area (Å²) in [5, 5.41) is 5.37. The normalized spacial score (nSPS) is 9.73. The molecule has 0 atom stereocenters. The Labute approximate surface area is 138 Å². The minimum absolute atomic E-state index is 0. The Bertz CT molecular complexity index is 449. The lowest BCUT2D eigenvalue weighted by atomic mass is 10.1. The van der Waals surface area contributed by atoms with Crippen molar-refractivity contribution in [2.45, 2.75) is 32.6 Å². The van der Waals surface area contributed by atoms with E-state index in [1.165, 1.54) is 5.56 Å². The van der Waals surface area contributed by atoms with Crippen LogP contribution in [0.15, 0.2) is 24.3 Å². The minimum atomic E-state index is -0.157. The van der Waals surface area contributed by atoms with Gasteiger partial charge in [-0.15, -0.1) is 12.4 Å². The van der Waals surface area contributed by atoms with Crippen LogP contribution in [0.5, 0.6) is 0 Å². The van der Waals surface area contributed by atoms with E-state index in [0.717, 1.165) is 18.4 Å². The van der Waals surface area contributed by atoms with Gasteiger partial charge < -0.3 is 16.4 Å². The number of benzene rings is 1. The maximum atomic E-state index is 11.7. The maximum absolute atomic E-state index is 11.7. The molecule has 0 radical (unpaired) electrons. The third-order valence-corrected chi connectivity index (χ3v) is 3.16. The van der Waals surface area contributed by atoms with Gasteiger partial charge in [-0.3, -0.25) is 9.59 Å². The molecule has 5 nitrogen and oxygen atoms in total. The molecular formula is C16H26ClN3O2. The molecule has 22 heavy (non-hydrogen) atoms. The highest BCUT2D eigenvalue weighted by atomic mass is 35.5. The molecule has 0 unspecified atom stereocenters. The fourth-order valence-electron chi connectivity index (χ4n) is 1.84. The van der Waals surface area contributed by atoms with Crippen LogP contribution in [0, 0.1) is 6.92 Å². The standard InChI is InChI=1S/C16H25N3O2.ClH/c1-13-4-6-14(7-5-13)8-9-15(20)19-12-16(21)18-11-3-2-10-17;/h4-7H,2-3,8-12,17H2,1H3,(H,18,21)(H,19,20);1H. The van der Waals surface area contributed by atoms with Crippen LogP contribution < -0.4 is 16.4 Å². The van der Waals surface area contributed by atoms with Crippen LogP contribution >= 0.6 is 12.4 Å². The van der Waals surface area contributed by atoms with Gasteiger partial charge in [-0.05, 0) is 38.3 Å². The molecule has 6 heteroatoms. The van der Waals surface area contributed by atoms with Crippen molar-refractivity contribution in [3.05, 3.63) is 35.4 Å². The van der Waals surface area contributed by atoms with E-state index in [1.807, 2.05) is 31.2 Å². The van der Waals surface area contributed by atoms with E-state index in [4.69, 9.17) is 5.73 Å². The summed E-state index contributed by atoms with van der Waals surface area (Å²) < 4.78 is 0. The Morgan fingerprint density at radius 1 is 1.05 bits per heavy atom. The summed E-state index contributed by atoms with van der Waals surface area (Å²) in [6, 6.07) is 8.10. The first kappa shape index (κ1) is 20.4. The first-order chi connectivity index (χ1) is 10.1. The molecule has 2 amide bonds. The molecule has 124 valence electrons. The zero-order valence-electron chi connectivity index (χ0n) is 13.1. The molecule has 0 saturated heterocycles. The molecule has 0 heterocycles. The van der Waals surface area contributed by atoms with Gasteiger partial charge in [0.25, 0.3) is 0 Å². The van der Waals surface area contributed by atoms with Crippen molar-refractivity contribution < 1.29 is 9.59 Å². The first-order valence-corrected chi connectivity index (χ1v) is 7.41. The molecule has 0 aromatic heterocycles. The number of hydrogen-bond acceptors (Lipinski definition) is 3. The third kappa shape index (κ3) is 9.37. The van der Waals surface area contributed by atoms with E-state index in [1.54, 1.807) is 0 Å². The quantitative estimate of drug-likeness (QED) is 0.598. The molecule has 0 aliphatic rings. The molecule has 4 N–H and O–H groups in total. The number of rotatable bonds is 9. The topological polar surface area (TPSA) is 84.2 Å². The van der Waals surface area contributed by atoms with Gasteiger partial charge in [-0.2, -0.15) is 0 Å². The number of carbonyl (C=O) groups excluding carboxylic acids is 2. The van der Waals surface area contributed by atoms with Crippen LogP contribution in [0.4, 0.5) is 0 Å². The molecule has 0 saturated carbocycles. The average Bonchev–Trinajstić information content (AvgIpc) is 2.49. The summed E-state index contributed by atoms with van der Waals surface area (Å²) in [5.74, 6) is -0.261. The number of halogens is 1. The average molecular weight is 328 g/mol.